The van der Waals surface area contributed by atoms with Crippen molar-refractivity contribution in [1.82, 2.24) is 4.90 Å². The van der Waals surface area contributed by atoms with Gasteiger partial charge in [-0.2, -0.15) is 0 Å². The summed E-state index contributed by atoms with van der Waals surface area (Å²) in [6.45, 7) is 3.81. The van der Waals surface area contributed by atoms with E-state index in [0.29, 0.717) is 19.1 Å². The van der Waals surface area contributed by atoms with Crippen molar-refractivity contribution in [3.63, 3.8) is 0 Å². The molecule has 0 unspecified atom stereocenters. The van der Waals surface area contributed by atoms with Gasteiger partial charge in [-0.15, -0.1) is 6.42 Å². The highest BCUT2D eigenvalue weighted by atomic mass is 16.5. The average molecular weight is 195 g/mol. The summed E-state index contributed by atoms with van der Waals surface area (Å²) in [6.07, 6.45) is 7.66. The second-order valence-corrected chi connectivity index (χ2v) is 3.56. The molecule has 1 saturated carbocycles. The zero-order valence-corrected chi connectivity index (χ0v) is 8.66. The van der Waals surface area contributed by atoms with E-state index in [-0.39, 0.29) is 12.5 Å². The van der Waals surface area contributed by atoms with E-state index in [4.69, 9.17) is 11.2 Å². The lowest BCUT2D eigenvalue weighted by Gasteiger charge is -2.19. The molecule has 3 heteroatoms. The lowest BCUT2D eigenvalue weighted by molar-refractivity contribution is -0.135. The Morgan fingerprint density at radius 1 is 1.64 bits per heavy atom. The van der Waals surface area contributed by atoms with Crippen LogP contribution in [0.4, 0.5) is 0 Å². The van der Waals surface area contributed by atoms with Crippen molar-refractivity contribution in [2.45, 2.75) is 19.8 Å². The third kappa shape index (κ3) is 3.80. The molecule has 0 saturated heterocycles. The molecule has 0 aliphatic heterocycles. The Morgan fingerprint density at radius 2 is 2.36 bits per heavy atom. The summed E-state index contributed by atoms with van der Waals surface area (Å²) in [4.78, 5) is 13.3. The lowest BCUT2D eigenvalue weighted by Crippen LogP contribution is -2.36. The van der Waals surface area contributed by atoms with Gasteiger partial charge < -0.3 is 9.64 Å². The summed E-state index contributed by atoms with van der Waals surface area (Å²) in [5, 5.41) is 0. The fourth-order valence-corrected chi connectivity index (χ4v) is 1.26. The summed E-state index contributed by atoms with van der Waals surface area (Å²) < 4.78 is 5.06. The van der Waals surface area contributed by atoms with Crippen molar-refractivity contribution in [2.75, 3.05) is 26.3 Å². The number of ether oxygens (including phenoxy) is 1. The molecule has 1 rings (SSSR count). The number of nitrogens with zero attached hydrogens (tertiary/aromatic N) is 1. The van der Waals surface area contributed by atoms with E-state index in [2.05, 4.69) is 5.92 Å². The van der Waals surface area contributed by atoms with Gasteiger partial charge in [-0.25, -0.2) is 0 Å². The molecule has 1 amide bonds. The van der Waals surface area contributed by atoms with Crippen LogP contribution in [-0.2, 0) is 9.53 Å². The predicted octanol–water partition coefficient (Wildman–Crippen LogP) is 0.895. The van der Waals surface area contributed by atoms with Gasteiger partial charge in [0.1, 0.15) is 6.61 Å². The summed E-state index contributed by atoms with van der Waals surface area (Å²) in [5.74, 6) is 3.19. The minimum absolute atomic E-state index is 0.0108. The molecule has 14 heavy (non-hydrogen) atoms. The first-order valence-corrected chi connectivity index (χ1v) is 5.07. The van der Waals surface area contributed by atoms with Crippen LogP contribution in [-0.4, -0.2) is 37.1 Å². The lowest BCUT2D eigenvalue weighted by atomic mass is 10.3. The fourth-order valence-electron chi connectivity index (χ4n) is 1.26. The van der Waals surface area contributed by atoms with Crippen LogP contribution in [0, 0.1) is 18.3 Å². The molecule has 0 aromatic rings. The maximum atomic E-state index is 11.6. The third-order valence-corrected chi connectivity index (χ3v) is 2.24. The Kier molecular flexibility index (Phi) is 4.48. The third-order valence-electron chi connectivity index (χ3n) is 2.24. The van der Waals surface area contributed by atoms with Gasteiger partial charge in [-0.3, -0.25) is 4.79 Å². The van der Waals surface area contributed by atoms with Crippen molar-refractivity contribution < 1.29 is 9.53 Å². The highest BCUT2D eigenvalue weighted by Crippen LogP contribution is 2.29. The molecule has 0 radical (unpaired) electrons. The van der Waals surface area contributed by atoms with Crippen LogP contribution >= 0.6 is 0 Å². The van der Waals surface area contributed by atoms with E-state index in [1.54, 1.807) is 4.90 Å². The zero-order valence-electron chi connectivity index (χ0n) is 8.66. The molecule has 0 atom stereocenters. The van der Waals surface area contributed by atoms with Crippen LogP contribution in [0.15, 0.2) is 0 Å². The van der Waals surface area contributed by atoms with E-state index in [0.717, 1.165) is 6.54 Å². The number of carbonyl (C=O) groups is 1. The van der Waals surface area contributed by atoms with Crippen LogP contribution in [0.25, 0.3) is 0 Å². The first-order chi connectivity index (χ1) is 6.77. The smallest absolute Gasteiger partial charge is 0.249 e. The van der Waals surface area contributed by atoms with Crippen LogP contribution in [0.2, 0.25) is 0 Å². The number of hydrogen-bond donors (Lipinski definition) is 0. The van der Waals surface area contributed by atoms with Gasteiger partial charge in [0.2, 0.25) is 5.91 Å². The SMILES string of the molecule is C#CCN(CC1CC1)C(=O)COCC. The largest absolute Gasteiger partial charge is 0.372 e. The predicted molar refractivity (Wildman–Crippen MR) is 54.6 cm³/mol. The van der Waals surface area contributed by atoms with E-state index in [1.807, 2.05) is 6.92 Å². The van der Waals surface area contributed by atoms with Gasteiger partial charge in [0.25, 0.3) is 0 Å². The molecule has 1 fully saturated rings. The first kappa shape index (κ1) is 11.1. The Labute approximate surface area is 85.4 Å². The number of amides is 1. The van der Waals surface area contributed by atoms with Crippen LogP contribution < -0.4 is 0 Å². The molecular weight excluding hydrogens is 178 g/mol. The van der Waals surface area contributed by atoms with Gasteiger partial charge in [0, 0.05) is 13.2 Å². The monoisotopic (exact) mass is 195 g/mol. The van der Waals surface area contributed by atoms with Gasteiger partial charge >= 0.3 is 0 Å². The molecule has 0 bridgehead atoms. The highest BCUT2D eigenvalue weighted by Gasteiger charge is 2.26. The summed E-state index contributed by atoms with van der Waals surface area (Å²) >= 11 is 0. The molecule has 0 aromatic heterocycles. The van der Waals surface area contributed by atoms with Gasteiger partial charge in [0.05, 0.1) is 6.54 Å². The second kappa shape index (κ2) is 5.66. The molecule has 0 spiro atoms. The molecule has 0 N–H and O–H groups in total. The van der Waals surface area contributed by atoms with E-state index in [9.17, 15) is 4.79 Å². The molecule has 0 heterocycles. The Bertz CT molecular complexity index is 228. The Morgan fingerprint density at radius 3 is 2.86 bits per heavy atom. The Balaban J connectivity index is 2.31. The molecular formula is C11H17NO2. The minimum atomic E-state index is 0.0108. The minimum Gasteiger partial charge on any atom is -0.372 e. The van der Waals surface area contributed by atoms with Gasteiger partial charge in [-0.1, -0.05) is 5.92 Å². The van der Waals surface area contributed by atoms with Crippen molar-refractivity contribution in [3.8, 4) is 12.3 Å². The van der Waals surface area contributed by atoms with Crippen molar-refractivity contribution in [3.05, 3.63) is 0 Å². The normalized spacial score (nSPS) is 14.9. The zero-order chi connectivity index (χ0) is 10.4. The Hall–Kier alpha value is -1.01. The highest BCUT2D eigenvalue weighted by molar-refractivity contribution is 5.77. The number of terminal acetylenes is 1. The fraction of sp³-hybridized carbons (Fsp3) is 0.727. The van der Waals surface area contributed by atoms with Gasteiger partial charge in [-0.05, 0) is 25.7 Å². The van der Waals surface area contributed by atoms with Crippen molar-refractivity contribution in [1.29, 1.82) is 0 Å². The number of rotatable bonds is 6. The van der Waals surface area contributed by atoms with Crippen LogP contribution in [0.1, 0.15) is 19.8 Å². The number of hydrogen-bond acceptors (Lipinski definition) is 2. The summed E-state index contributed by atoms with van der Waals surface area (Å²) in [5.41, 5.74) is 0. The van der Waals surface area contributed by atoms with E-state index < -0.39 is 0 Å². The van der Waals surface area contributed by atoms with E-state index >= 15 is 0 Å². The van der Waals surface area contributed by atoms with Gasteiger partial charge in [0.15, 0.2) is 0 Å². The van der Waals surface area contributed by atoms with Crippen LogP contribution in [0.3, 0.4) is 0 Å². The standard InChI is InChI=1S/C11H17NO2/c1-3-7-12(8-10-5-6-10)11(13)9-14-4-2/h1,10H,4-9H2,2H3. The second-order valence-electron chi connectivity index (χ2n) is 3.56. The first-order valence-electron chi connectivity index (χ1n) is 5.07. The topological polar surface area (TPSA) is 29.5 Å². The molecule has 1 aliphatic carbocycles. The molecule has 78 valence electrons. The van der Waals surface area contributed by atoms with Crippen molar-refractivity contribution >= 4 is 5.91 Å². The van der Waals surface area contributed by atoms with Crippen molar-refractivity contribution in [2.24, 2.45) is 5.92 Å². The molecule has 1 aliphatic rings. The molecule has 3 nitrogen and oxygen atoms in total. The maximum absolute atomic E-state index is 11.6. The maximum Gasteiger partial charge on any atom is 0.249 e. The van der Waals surface area contributed by atoms with E-state index in [1.165, 1.54) is 12.8 Å². The molecule has 0 aromatic carbocycles. The quantitative estimate of drug-likeness (QED) is 0.589. The summed E-state index contributed by atoms with van der Waals surface area (Å²) in [7, 11) is 0. The average Bonchev–Trinajstić information content (AvgIpc) is 2.97. The number of carbonyl (C=O) groups excluding carboxylic acids is 1. The summed E-state index contributed by atoms with van der Waals surface area (Å²) in [6, 6.07) is 0. The van der Waals surface area contributed by atoms with Crippen LogP contribution in [0.5, 0.6) is 0 Å².